The fourth-order valence-corrected chi connectivity index (χ4v) is 2.48. The van der Waals surface area contributed by atoms with Crippen molar-refractivity contribution >= 4 is 16.9 Å². The molecule has 0 radical (unpaired) electrons. The average molecular weight is 280 g/mol. The van der Waals surface area contributed by atoms with Crippen LogP contribution in [-0.4, -0.2) is 11.1 Å². The van der Waals surface area contributed by atoms with Crippen LogP contribution in [0.4, 0.5) is 0 Å². The lowest BCUT2D eigenvalue weighted by Gasteiger charge is -2.04. The van der Waals surface area contributed by atoms with E-state index in [-0.39, 0.29) is 5.56 Å². The maximum atomic E-state index is 11.7. The predicted octanol–water partition coefficient (Wildman–Crippen LogP) is 4.92. The number of carbonyl (C=O) groups is 1. The molecule has 0 aliphatic heterocycles. The van der Waals surface area contributed by atoms with E-state index in [1.807, 2.05) is 48.5 Å². The Balaban J connectivity index is 2.31. The van der Waals surface area contributed by atoms with Gasteiger partial charge in [0.1, 0.15) is 16.9 Å². The van der Waals surface area contributed by atoms with Crippen LogP contribution in [-0.2, 0) is 0 Å². The molecule has 106 valence electrons. The van der Waals surface area contributed by atoms with Crippen molar-refractivity contribution in [1.82, 2.24) is 0 Å². The number of hydrogen-bond acceptors (Lipinski definition) is 2. The molecule has 1 heterocycles. The van der Waals surface area contributed by atoms with Crippen molar-refractivity contribution in [1.29, 1.82) is 0 Å². The molecule has 0 spiro atoms. The van der Waals surface area contributed by atoms with Gasteiger partial charge in [-0.3, -0.25) is 0 Å². The molecule has 0 saturated carbocycles. The zero-order valence-corrected chi connectivity index (χ0v) is 12.0. The lowest BCUT2D eigenvalue weighted by molar-refractivity contribution is 0.0699. The van der Waals surface area contributed by atoms with Crippen molar-refractivity contribution in [3.63, 3.8) is 0 Å². The second-order valence-electron chi connectivity index (χ2n) is 5.39. The number of benzene rings is 2. The van der Waals surface area contributed by atoms with Gasteiger partial charge in [0.2, 0.25) is 0 Å². The van der Waals surface area contributed by atoms with Crippen LogP contribution in [0.1, 0.15) is 35.7 Å². The number of fused-ring (bicyclic) bond motifs is 1. The van der Waals surface area contributed by atoms with Crippen LogP contribution in [0.2, 0.25) is 0 Å². The van der Waals surface area contributed by atoms with Crippen LogP contribution in [0.5, 0.6) is 0 Å². The highest BCUT2D eigenvalue weighted by Gasteiger charge is 2.21. The van der Waals surface area contributed by atoms with E-state index >= 15 is 0 Å². The van der Waals surface area contributed by atoms with Gasteiger partial charge in [0.05, 0.1) is 0 Å². The Morgan fingerprint density at radius 2 is 1.81 bits per heavy atom. The van der Waals surface area contributed by atoms with Crippen molar-refractivity contribution in [3.05, 3.63) is 59.7 Å². The molecule has 1 aromatic heterocycles. The summed E-state index contributed by atoms with van der Waals surface area (Å²) in [5.41, 5.74) is 2.72. The van der Waals surface area contributed by atoms with Crippen LogP contribution < -0.4 is 0 Å². The summed E-state index contributed by atoms with van der Waals surface area (Å²) in [4.78, 5) is 11.7. The van der Waals surface area contributed by atoms with Gasteiger partial charge in [-0.2, -0.15) is 0 Å². The molecule has 3 rings (SSSR count). The molecule has 0 saturated heterocycles. The summed E-state index contributed by atoms with van der Waals surface area (Å²) < 4.78 is 5.80. The number of rotatable bonds is 3. The average Bonchev–Trinajstić information content (AvgIpc) is 2.86. The molecule has 0 fully saturated rings. The molecule has 0 aliphatic rings. The van der Waals surface area contributed by atoms with E-state index in [0.29, 0.717) is 22.6 Å². The summed E-state index contributed by atoms with van der Waals surface area (Å²) in [5, 5.41) is 10.2. The van der Waals surface area contributed by atoms with E-state index in [1.54, 1.807) is 0 Å². The van der Waals surface area contributed by atoms with Crippen LogP contribution in [0.25, 0.3) is 22.3 Å². The molecule has 0 aliphatic carbocycles. The van der Waals surface area contributed by atoms with Crippen LogP contribution >= 0.6 is 0 Å². The van der Waals surface area contributed by atoms with Gasteiger partial charge in [0.15, 0.2) is 0 Å². The number of furan rings is 1. The van der Waals surface area contributed by atoms with Gasteiger partial charge in [-0.1, -0.05) is 50.2 Å². The van der Waals surface area contributed by atoms with Crippen molar-refractivity contribution in [2.75, 3.05) is 0 Å². The van der Waals surface area contributed by atoms with Crippen molar-refractivity contribution in [2.45, 2.75) is 19.8 Å². The molecule has 3 heteroatoms. The zero-order valence-electron chi connectivity index (χ0n) is 12.0. The Kier molecular flexibility index (Phi) is 3.26. The predicted molar refractivity (Wildman–Crippen MR) is 82.7 cm³/mol. The van der Waals surface area contributed by atoms with E-state index < -0.39 is 5.97 Å². The maximum Gasteiger partial charge on any atom is 0.340 e. The smallest absolute Gasteiger partial charge is 0.340 e. The number of aromatic carboxylic acids is 1. The Morgan fingerprint density at radius 3 is 2.43 bits per heavy atom. The molecule has 0 amide bonds. The monoisotopic (exact) mass is 280 g/mol. The van der Waals surface area contributed by atoms with Gasteiger partial charge in [-0.15, -0.1) is 0 Å². The van der Waals surface area contributed by atoms with Gasteiger partial charge in [-0.25, -0.2) is 4.79 Å². The fraction of sp³-hybridized carbons (Fsp3) is 0.167. The third kappa shape index (κ3) is 2.31. The lowest BCUT2D eigenvalue weighted by Crippen LogP contribution is -1.97. The van der Waals surface area contributed by atoms with E-state index in [1.165, 1.54) is 0 Å². The highest BCUT2D eigenvalue weighted by molar-refractivity contribution is 6.08. The van der Waals surface area contributed by atoms with Crippen LogP contribution in [0.3, 0.4) is 0 Å². The highest BCUT2D eigenvalue weighted by Crippen LogP contribution is 2.35. The van der Waals surface area contributed by atoms with Crippen molar-refractivity contribution in [3.8, 4) is 11.3 Å². The SMILES string of the molecule is CC(C)c1ccc2oc(-c3ccccc3)c(C(=O)O)c2c1. The van der Waals surface area contributed by atoms with E-state index in [2.05, 4.69) is 13.8 Å². The van der Waals surface area contributed by atoms with Gasteiger partial charge in [0, 0.05) is 10.9 Å². The first-order valence-electron chi connectivity index (χ1n) is 6.93. The minimum Gasteiger partial charge on any atom is -0.478 e. The summed E-state index contributed by atoms with van der Waals surface area (Å²) in [5.74, 6) is -0.210. The largest absolute Gasteiger partial charge is 0.478 e. The Morgan fingerprint density at radius 1 is 1.10 bits per heavy atom. The van der Waals surface area contributed by atoms with Crippen molar-refractivity contribution in [2.24, 2.45) is 0 Å². The second-order valence-corrected chi connectivity index (χ2v) is 5.39. The Labute approximate surface area is 122 Å². The molecule has 0 unspecified atom stereocenters. The zero-order chi connectivity index (χ0) is 15.0. The quantitative estimate of drug-likeness (QED) is 0.740. The van der Waals surface area contributed by atoms with Crippen LogP contribution in [0, 0.1) is 0 Å². The molecular weight excluding hydrogens is 264 g/mol. The standard InChI is InChI=1S/C18H16O3/c1-11(2)13-8-9-15-14(10-13)16(18(19)20)17(21-15)12-6-4-3-5-7-12/h3-11H,1-2H3,(H,19,20). The van der Waals surface area contributed by atoms with Gasteiger partial charge in [-0.05, 0) is 23.6 Å². The first-order valence-corrected chi connectivity index (χ1v) is 6.93. The number of hydrogen-bond donors (Lipinski definition) is 1. The summed E-state index contributed by atoms with van der Waals surface area (Å²) in [6, 6.07) is 15.1. The summed E-state index contributed by atoms with van der Waals surface area (Å²) in [6.45, 7) is 4.17. The van der Waals surface area contributed by atoms with Gasteiger partial charge in [0.25, 0.3) is 0 Å². The molecule has 0 atom stereocenters. The molecule has 3 aromatic rings. The molecule has 3 nitrogen and oxygen atoms in total. The molecule has 21 heavy (non-hydrogen) atoms. The van der Waals surface area contributed by atoms with Gasteiger partial charge < -0.3 is 9.52 Å². The molecular formula is C18H16O3. The Hall–Kier alpha value is -2.55. The molecule has 1 N–H and O–H groups in total. The summed E-state index contributed by atoms with van der Waals surface area (Å²) in [6.07, 6.45) is 0. The topological polar surface area (TPSA) is 50.4 Å². The molecule has 0 bridgehead atoms. The lowest BCUT2D eigenvalue weighted by atomic mass is 9.99. The second kappa shape index (κ2) is 5.09. The number of carboxylic acids is 1. The fourth-order valence-electron chi connectivity index (χ4n) is 2.48. The van der Waals surface area contributed by atoms with E-state index in [4.69, 9.17) is 4.42 Å². The minimum atomic E-state index is -0.964. The summed E-state index contributed by atoms with van der Waals surface area (Å²) in [7, 11) is 0. The van der Waals surface area contributed by atoms with E-state index in [0.717, 1.165) is 11.1 Å². The minimum absolute atomic E-state index is 0.235. The van der Waals surface area contributed by atoms with E-state index in [9.17, 15) is 9.90 Å². The first kappa shape index (κ1) is 13.4. The van der Waals surface area contributed by atoms with Crippen molar-refractivity contribution < 1.29 is 14.3 Å². The maximum absolute atomic E-state index is 11.7. The summed E-state index contributed by atoms with van der Waals surface area (Å²) >= 11 is 0. The number of carboxylic acid groups (broad SMARTS) is 1. The third-order valence-electron chi connectivity index (χ3n) is 3.63. The Bertz CT molecular complexity index is 798. The normalized spacial score (nSPS) is 11.2. The third-order valence-corrected chi connectivity index (χ3v) is 3.63. The van der Waals surface area contributed by atoms with Gasteiger partial charge >= 0.3 is 5.97 Å². The highest BCUT2D eigenvalue weighted by atomic mass is 16.4. The first-order chi connectivity index (χ1) is 10.1. The van der Waals surface area contributed by atoms with Crippen LogP contribution in [0.15, 0.2) is 52.9 Å². The molecule has 2 aromatic carbocycles.